The van der Waals surface area contributed by atoms with Crippen molar-refractivity contribution in [3.8, 4) is 0 Å². The first-order valence-electron chi connectivity index (χ1n) is 7.00. The summed E-state index contributed by atoms with van der Waals surface area (Å²) < 4.78 is 50.7. The Morgan fingerprint density at radius 2 is 2.19 bits per heavy atom. The number of rotatable bonds is 8. The highest BCUT2D eigenvalue weighted by Crippen LogP contribution is 2.21. The lowest BCUT2D eigenvalue weighted by atomic mass is 10.1. The van der Waals surface area contributed by atoms with E-state index in [1.54, 1.807) is 12.5 Å². The molecule has 0 bridgehead atoms. The van der Waals surface area contributed by atoms with E-state index >= 15 is 0 Å². The number of hydrogen-bond donors (Lipinski definition) is 1. The first-order chi connectivity index (χ1) is 9.86. The minimum atomic E-state index is -3.32. The highest BCUT2D eigenvalue weighted by molar-refractivity contribution is 7.91. The molecule has 1 atom stereocenters. The Balaban J connectivity index is 1.65. The molecule has 120 valence electrons. The zero-order valence-corrected chi connectivity index (χ0v) is 13.4. The number of hydrogen-bond acceptors (Lipinski definition) is 5. The molecule has 1 aromatic heterocycles. The molecule has 1 aliphatic heterocycles. The molecule has 0 aliphatic carbocycles. The van der Waals surface area contributed by atoms with E-state index in [2.05, 4.69) is 9.71 Å². The summed E-state index contributed by atoms with van der Waals surface area (Å²) in [5.74, 6) is 0.301. The third-order valence-corrected chi connectivity index (χ3v) is 6.85. The van der Waals surface area contributed by atoms with Crippen LogP contribution in [0.25, 0.3) is 0 Å². The largest absolute Gasteiger partial charge is 0.337 e. The third-order valence-electron chi connectivity index (χ3n) is 3.60. The summed E-state index contributed by atoms with van der Waals surface area (Å²) in [6.45, 7) is 1.09. The maximum absolute atomic E-state index is 11.8. The van der Waals surface area contributed by atoms with Crippen LogP contribution in [0, 0.1) is 5.92 Å². The molecule has 1 aliphatic rings. The zero-order chi connectivity index (χ0) is 15.3. The van der Waals surface area contributed by atoms with Gasteiger partial charge < -0.3 is 4.57 Å². The monoisotopic (exact) mass is 335 g/mol. The molecular weight excluding hydrogens is 314 g/mol. The van der Waals surface area contributed by atoms with Gasteiger partial charge >= 0.3 is 0 Å². The van der Waals surface area contributed by atoms with E-state index in [1.165, 1.54) is 0 Å². The summed E-state index contributed by atoms with van der Waals surface area (Å²) in [4.78, 5) is 3.91. The molecule has 1 saturated heterocycles. The van der Waals surface area contributed by atoms with Crippen LogP contribution in [-0.2, 0) is 26.4 Å². The molecule has 0 saturated carbocycles. The van der Waals surface area contributed by atoms with Crippen LogP contribution in [0.3, 0.4) is 0 Å². The van der Waals surface area contributed by atoms with Crippen LogP contribution in [0.1, 0.15) is 19.3 Å². The van der Waals surface area contributed by atoms with E-state index < -0.39 is 19.9 Å². The van der Waals surface area contributed by atoms with E-state index in [0.29, 0.717) is 32.4 Å². The second kappa shape index (κ2) is 6.89. The highest BCUT2D eigenvalue weighted by Gasteiger charge is 2.28. The fourth-order valence-electron chi connectivity index (χ4n) is 2.40. The maximum atomic E-state index is 11.8. The van der Waals surface area contributed by atoms with Crippen molar-refractivity contribution in [3.05, 3.63) is 18.7 Å². The molecule has 0 amide bonds. The van der Waals surface area contributed by atoms with Crippen molar-refractivity contribution in [3.63, 3.8) is 0 Å². The van der Waals surface area contributed by atoms with Crippen molar-refractivity contribution in [2.24, 2.45) is 5.92 Å². The predicted octanol–water partition coefficient (Wildman–Crippen LogP) is 0.0174. The Hall–Kier alpha value is -0.930. The van der Waals surface area contributed by atoms with Gasteiger partial charge in [-0.1, -0.05) is 0 Å². The van der Waals surface area contributed by atoms with Gasteiger partial charge in [0.25, 0.3) is 0 Å². The van der Waals surface area contributed by atoms with Crippen molar-refractivity contribution in [1.82, 2.24) is 14.3 Å². The summed E-state index contributed by atoms with van der Waals surface area (Å²) in [6.07, 6.45) is 6.88. The fraction of sp³-hybridized carbons (Fsp3) is 0.750. The Morgan fingerprint density at radius 3 is 2.81 bits per heavy atom. The lowest BCUT2D eigenvalue weighted by Crippen LogP contribution is -2.29. The first-order valence-corrected chi connectivity index (χ1v) is 10.5. The van der Waals surface area contributed by atoms with Crippen LogP contribution in [0.5, 0.6) is 0 Å². The van der Waals surface area contributed by atoms with Crippen LogP contribution in [0.2, 0.25) is 0 Å². The predicted molar refractivity (Wildman–Crippen MR) is 80.0 cm³/mol. The molecule has 9 heteroatoms. The van der Waals surface area contributed by atoms with Gasteiger partial charge in [-0.25, -0.2) is 26.5 Å². The molecule has 0 radical (unpaired) electrons. The van der Waals surface area contributed by atoms with Gasteiger partial charge in [-0.15, -0.1) is 0 Å². The van der Waals surface area contributed by atoms with Crippen molar-refractivity contribution >= 4 is 19.9 Å². The molecule has 2 rings (SSSR count). The molecule has 21 heavy (non-hydrogen) atoms. The van der Waals surface area contributed by atoms with Gasteiger partial charge in [-0.05, 0) is 25.2 Å². The topological polar surface area (TPSA) is 98.1 Å². The minimum absolute atomic E-state index is 0.00172. The summed E-state index contributed by atoms with van der Waals surface area (Å²) >= 11 is 0. The quantitative estimate of drug-likeness (QED) is 0.675. The molecule has 1 aromatic rings. The van der Waals surface area contributed by atoms with Gasteiger partial charge in [-0.3, -0.25) is 0 Å². The lowest BCUT2D eigenvalue weighted by molar-refractivity contribution is 0.540. The van der Waals surface area contributed by atoms with Gasteiger partial charge in [-0.2, -0.15) is 0 Å². The second-order valence-electron chi connectivity index (χ2n) is 5.43. The van der Waals surface area contributed by atoms with Crippen LogP contribution in [-0.4, -0.2) is 50.2 Å². The lowest BCUT2D eigenvalue weighted by Gasteiger charge is -2.09. The molecular formula is C12H21N3O4S2. The van der Waals surface area contributed by atoms with Crippen LogP contribution < -0.4 is 4.72 Å². The molecule has 0 spiro atoms. The van der Waals surface area contributed by atoms with Gasteiger partial charge in [0.05, 0.1) is 23.6 Å². The highest BCUT2D eigenvalue weighted by atomic mass is 32.2. The Kier molecular flexibility index (Phi) is 5.39. The number of sulfone groups is 1. The SMILES string of the molecule is O=S1(=O)CCC(CCS(=O)(=O)NCCCn2ccnc2)C1. The molecule has 1 fully saturated rings. The Morgan fingerprint density at radius 1 is 1.38 bits per heavy atom. The average Bonchev–Trinajstić information content (AvgIpc) is 3.02. The van der Waals surface area contributed by atoms with E-state index in [-0.39, 0.29) is 23.2 Å². The van der Waals surface area contributed by atoms with Crippen LogP contribution in [0.15, 0.2) is 18.7 Å². The summed E-state index contributed by atoms with van der Waals surface area (Å²) in [5.41, 5.74) is 0. The molecule has 2 heterocycles. The number of nitrogens with zero attached hydrogens (tertiary/aromatic N) is 2. The number of imidazole rings is 1. The van der Waals surface area contributed by atoms with Gasteiger partial charge in [0, 0.05) is 25.5 Å². The fourth-order valence-corrected chi connectivity index (χ4v) is 5.56. The zero-order valence-electron chi connectivity index (χ0n) is 11.8. The summed E-state index contributed by atoms with van der Waals surface area (Å²) in [6, 6.07) is 0. The molecule has 1 N–H and O–H groups in total. The number of nitrogens with one attached hydrogen (secondary N) is 1. The smallest absolute Gasteiger partial charge is 0.211 e. The van der Waals surface area contributed by atoms with Crippen molar-refractivity contribution in [1.29, 1.82) is 0 Å². The van der Waals surface area contributed by atoms with Gasteiger partial charge in [0.2, 0.25) is 10.0 Å². The van der Waals surface area contributed by atoms with Crippen molar-refractivity contribution < 1.29 is 16.8 Å². The molecule has 0 aromatic carbocycles. The Labute approximate surface area is 125 Å². The molecule has 7 nitrogen and oxygen atoms in total. The van der Waals surface area contributed by atoms with Crippen molar-refractivity contribution in [2.45, 2.75) is 25.8 Å². The van der Waals surface area contributed by atoms with Gasteiger partial charge in [0.1, 0.15) is 0 Å². The van der Waals surface area contributed by atoms with E-state index in [9.17, 15) is 16.8 Å². The number of sulfonamides is 1. The van der Waals surface area contributed by atoms with E-state index in [1.807, 2.05) is 10.8 Å². The van der Waals surface area contributed by atoms with Gasteiger partial charge in [0.15, 0.2) is 9.84 Å². The minimum Gasteiger partial charge on any atom is -0.337 e. The van der Waals surface area contributed by atoms with Crippen LogP contribution in [0.4, 0.5) is 0 Å². The number of aromatic nitrogens is 2. The van der Waals surface area contributed by atoms with E-state index in [4.69, 9.17) is 0 Å². The summed E-state index contributed by atoms with van der Waals surface area (Å²) in [5, 5.41) is 0. The standard InChI is InChI=1S/C12H21N3O4S2/c16-20(17)8-2-12(10-20)3-9-21(18,19)14-4-1-6-15-7-5-13-11-15/h5,7,11-12,14H,1-4,6,8-10H2. The second-order valence-corrected chi connectivity index (χ2v) is 9.58. The van der Waals surface area contributed by atoms with Crippen LogP contribution >= 0.6 is 0 Å². The maximum Gasteiger partial charge on any atom is 0.211 e. The van der Waals surface area contributed by atoms with E-state index in [0.717, 1.165) is 0 Å². The van der Waals surface area contributed by atoms with Crippen molar-refractivity contribution in [2.75, 3.05) is 23.8 Å². The Bertz CT molecular complexity index is 638. The third kappa shape index (κ3) is 5.76. The number of aryl methyl sites for hydroxylation is 1. The molecule has 1 unspecified atom stereocenters. The normalized spacial score (nSPS) is 21.6. The average molecular weight is 335 g/mol. The summed E-state index contributed by atoms with van der Waals surface area (Å²) in [7, 11) is -6.25. The first kappa shape index (κ1) is 16.4.